The van der Waals surface area contributed by atoms with Crippen LogP contribution in [0.1, 0.15) is 1.43 Å². The summed E-state index contributed by atoms with van der Waals surface area (Å²) in [7, 11) is 0. The van der Waals surface area contributed by atoms with E-state index in [0.717, 1.165) is 0 Å². The molecule has 1 nitrogen and oxygen atoms in total. The number of rotatable bonds is 4. The Bertz CT molecular complexity index is 58.1. The van der Waals surface area contributed by atoms with E-state index in [4.69, 9.17) is 4.74 Å². The van der Waals surface area contributed by atoms with Gasteiger partial charge in [-0.2, -0.15) is 0 Å². The SMILES string of the molecule is C=CCOCC=C.[H-].[Li+]. The van der Waals surface area contributed by atoms with Crippen molar-refractivity contribution in [2.45, 2.75) is 0 Å². The molecule has 0 heterocycles. The average molecular weight is 106 g/mol. The minimum Gasteiger partial charge on any atom is -1.00 e. The van der Waals surface area contributed by atoms with Crippen molar-refractivity contribution < 1.29 is 25.0 Å². The van der Waals surface area contributed by atoms with E-state index >= 15 is 0 Å². The van der Waals surface area contributed by atoms with Gasteiger partial charge >= 0.3 is 18.9 Å². The summed E-state index contributed by atoms with van der Waals surface area (Å²) in [5, 5.41) is 0. The van der Waals surface area contributed by atoms with E-state index in [-0.39, 0.29) is 20.3 Å². The van der Waals surface area contributed by atoms with Gasteiger partial charge in [-0.15, -0.1) is 13.2 Å². The van der Waals surface area contributed by atoms with E-state index in [2.05, 4.69) is 13.2 Å². The van der Waals surface area contributed by atoms with Crippen LogP contribution in [0.25, 0.3) is 0 Å². The van der Waals surface area contributed by atoms with Crippen molar-refractivity contribution in [1.29, 1.82) is 0 Å². The first-order valence-corrected chi connectivity index (χ1v) is 2.21. The average Bonchev–Trinajstić information content (AvgIpc) is 1.69. The van der Waals surface area contributed by atoms with Gasteiger partial charge in [0.25, 0.3) is 0 Å². The van der Waals surface area contributed by atoms with Crippen molar-refractivity contribution in [2.24, 2.45) is 0 Å². The maximum atomic E-state index is 4.90. The van der Waals surface area contributed by atoms with Crippen LogP contribution < -0.4 is 18.9 Å². The van der Waals surface area contributed by atoms with Gasteiger partial charge in [0.1, 0.15) is 0 Å². The summed E-state index contributed by atoms with van der Waals surface area (Å²) in [6, 6.07) is 0. The first-order valence-electron chi connectivity index (χ1n) is 2.21. The number of hydrogen-bond donors (Lipinski definition) is 0. The summed E-state index contributed by atoms with van der Waals surface area (Å²) in [4.78, 5) is 0. The Morgan fingerprint density at radius 1 is 1.25 bits per heavy atom. The molecule has 0 N–H and O–H groups in total. The molecule has 0 saturated heterocycles. The van der Waals surface area contributed by atoms with Crippen LogP contribution in [0.2, 0.25) is 0 Å². The van der Waals surface area contributed by atoms with E-state index in [1.54, 1.807) is 12.2 Å². The third kappa shape index (κ3) is 9.40. The first kappa shape index (κ1) is 10.9. The zero-order chi connectivity index (χ0) is 5.54. The monoisotopic (exact) mass is 106 g/mol. The Morgan fingerprint density at radius 3 is 1.88 bits per heavy atom. The molecule has 0 saturated carbocycles. The number of ether oxygens (including phenoxy) is 1. The van der Waals surface area contributed by atoms with Gasteiger partial charge in [0.15, 0.2) is 0 Å². The van der Waals surface area contributed by atoms with Gasteiger partial charge in [0.2, 0.25) is 0 Å². The fourth-order valence-electron chi connectivity index (χ4n) is 0.235. The van der Waals surface area contributed by atoms with Gasteiger partial charge in [-0.3, -0.25) is 0 Å². The minimum atomic E-state index is 0. The fourth-order valence-corrected chi connectivity index (χ4v) is 0.235. The quantitative estimate of drug-likeness (QED) is 0.240. The maximum Gasteiger partial charge on any atom is 1.00 e. The molecule has 0 aromatic rings. The summed E-state index contributed by atoms with van der Waals surface area (Å²) in [6.07, 6.45) is 3.42. The second-order valence-corrected chi connectivity index (χ2v) is 1.11. The predicted molar refractivity (Wildman–Crippen MR) is 32.3 cm³/mol. The summed E-state index contributed by atoms with van der Waals surface area (Å²) in [5.41, 5.74) is 0. The predicted octanol–water partition coefficient (Wildman–Crippen LogP) is -1.51. The van der Waals surface area contributed by atoms with Gasteiger partial charge in [-0.1, -0.05) is 12.2 Å². The van der Waals surface area contributed by atoms with Gasteiger partial charge in [0, 0.05) is 0 Å². The summed E-state index contributed by atoms with van der Waals surface area (Å²) in [6.45, 7) is 8.18. The molecule has 0 fully saturated rings. The topological polar surface area (TPSA) is 9.23 Å². The molecule has 0 aliphatic heterocycles. The third-order valence-corrected chi connectivity index (χ3v) is 0.471. The van der Waals surface area contributed by atoms with Gasteiger partial charge in [-0.25, -0.2) is 0 Å². The molecule has 0 amide bonds. The van der Waals surface area contributed by atoms with Crippen LogP contribution in [0.3, 0.4) is 0 Å². The van der Waals surface area contributed by atoms with Crippen LogP contribution in [-0.2, 0) is 4.74 Å². The summed E-state index contributed by atoms with van der Waals surface area (Å²) >= 11 is 0. The van der Waals surface area contributed by atoms with Crippen LogP contribution >= 0.6 is 0 Å². The van der Waals surface area contributed by atoms with Gasteiger partial charge in [0.05, 0.1) is 13.2 Å². The van der Waals surface area contributed by atoms with E-state index < -0.39 is 0 Å². The maximum absolute atomic E-state index is 4.90. The van der Waals surface area contributed by atoms with Crippen LogP contribution in [0.4, 0.5) is 0 Å². The standard InChI is InChI=1S/C6H10O.Li.H/c1-3-5-7-6-4-2;;/h3-4H,1-2,5-6H2;;/q;+1;-1. The Kier molecular flexibility index (Phi) is 13.8. The molecule has 0 unspecified atom stereocenters. The van der Waals surface area contributed by atoms with E-state index in [1.807, 2.05) is 0 Å². The van der Waals surface area contributed by atoms with Crippen molar-refractivity contribution in [2.75, 3.05) is 13.2 Å². The van der Waals surface area contributed by atoms with Crippen LogP contribution in [-0.4, -0.2) is 13.2 Å². The summed E-state index contributed by atoms with van der Waals surface area (Å²) in [5.74, 6) is 0. The smallest absolute Gasteiger partial charge is 1.00 e. The molecular formula is C6H11LiO. The fraction of sp³-hybridized carbons (Fsp3) is 0.333. The third-order valence-electron chi connectivity index (χ3n) is 0.471. The molecule has 0 aromatic carbocycles. The minimum absolute atomic E-state index is 0. The Morgan fingerprint density at radius 2 is 1.62 bits per heavy atom. The van der Waals surface area contributed by atoms with Crippen LogP contribution in [0.15, 0.2) is 25.3 Å². The molecule has 0 spiro atoms. The Balaban J connectivity index is -0.000000180. The van der Waals surface area contributed by atoms with Crippen molar-refractivity contribution in [3.8, 4) is 0 Å². The van der Waals surface area contributed by atoms with Crippen molar-refractivity contribution in [1.82, 2.24) is 0 Å². The molecule has 0 atom stereocenters. The van der Waals surface area contributed by atoms with Crippen molar-refractivity contribution in [3.63, 3.8) is 0 Å². The van der Waals surface area contributed by atoms with E-state index in [1.165, 1.54) is 0 Å². The molecule has 42 valence electrons. The second-order valence-electron chi connectivity index (χ2n) is 1.11. The molecule has 0 aliphatic carbocycles. The Hall–Kier alpha value is 0.0374. The second kappa shape index (κ2) is 10.1. The zero-order valence-corrected chi connectivity index (χ0v) is 5.39. The first-order chi connectivity index (χ1) is 3.41. The molecule has 0 radical (unpaired) electrons. The van der Waals surface area contributed by atoms with Crippen molar-refractivity contribution in [3.05, 3.63) is 25.3 Å². The van der Waals surface area contributed by atoms with E-state index in [0.29, 0.717) is 13.2 Å². The van der Waals surface area contributed by atoms with E-state index in [9.17, 15) is 0 Å². The van der Waals surface area contributed by atoms with Crippen LogP contribution in [0, 0.1) is 0 Å². The van der Waals surface area contributed by atoms with Gasteiger partial charge < -0.3 is 6.16 Å². The molecular weight excluding hydrogens is 95.0 g/mol. The molecule has 0 aromatic heterocycles. The van der Waals surface area contributed by atoms with Crippen LogP contribution in [0.5, 0.6) is 0 Å². The normalized spacial score (nSPS) is 7.00. The molecule has 0 bridgehead atoms. The zero-order valence-electron chi connectivity index (χ0n) is 6.39. The molecule has 0 rings (SSSR count). The van der Waals surface area contributed by atoms with Crippen molar-refractivity contribution >= 4 is 0 Å². The number of hydrogen-bond acceptors (Lipinski definition) is 1. The Labute approximate surface area is 64.1 Å². The summed E-state index contributed by atoms with van der Waals surface area (Å²) < 4.78 is 4.90. The largest absolute Gasteiger partial charge is 1.00 e. The molecule has 8 heavy (non-hydrogen) atoms. The van der Waals surface area contributed by atoms with Gasteiger partial charge in [-0.05, 0) is 0 Å². The molecule has 2 heteroatoms. The molecule has 0 aliphatic rings.